The van der Waals surface area contributed by atoms with Crippen LogP contribution in [0, 0.1) is 0 Å². The molecule has 186 valence electrons. The molecule has 1 N–H and O–H groups in total. The highest BCUT2D eigenvalue weighted by Gasteiger charge is 2.16. The van der Waals surface area contributed by atoms with E-state index in [9.17, 15) is 4.79 Å². The second kappa shape index (κ2) is 13.3. The Morgan fingerprint density at radius 1 is 0.944 bits per heavy atom. The first-order chi connectivity index (χ1) is 17.7. The van der Waals surface area contributed by atoms with Crippen molar-refractivity contribution in [1.82, 2.24) is 25.2 Å². The number of pyridine rings is 1. The van der Waals surface area contributed by atoms with E-state index in [0.29, 0.717) is 24.7 Å². The molecular formula is C29H33N5O2. The number of nitrogens with one attached hydrogen (secondary N) is 1. The number of hydrogen-bond donors (Lipinski definition) is 1. The van der Waals surface area contributed by atoms with Crippen molar-refractivity contribution in [3.8, 4) is 17.1 Å². The van der Waals surface area contributed by atoms with Gasteiger partial charge in [0.2, 0.25) is 0 Å². The van der Waals surface area contributed by atoms with Gasteiger partial charge in [0.05, 0.1) is 12.1 Å². The number of nitrogens with zero attached hydrogens (tertiary/aromatic N) is 4. The molecule has 2 aromatic carbocycles. The van der Waals surface area contributed by atoms with E-state index in [0.717, 1.165) is 35.2 Å². The van der Waals surface area contributed by atoms with Crippen LogP contribution in [0.3, 0.4) is 0 Å². The third kappa shape index (κ3) is 7.09. The van der Waals surface area contributed by atoms with Gasteiger partial charge in [-0.3, -0.25) is 9.78 Å². The van der Waals surface area contributed by atoms with Crippen LogP contribution in [0.15, 0.2) is 79.1 Å². The van der Waals surface area contributed by atoms with E-state index >= 15 is 0 Å². The number of likely N-dealkylation sites (tertiary alicyclic amines) is 1. The fourth-order valence-electron chi connectivity index (χ4n) is 4.15. The van der Waals surface area contributed by atoms with Crippen molar-refractivity contribution in [3.05, 3.63) is 84.8 Å². The van der Waals surface area contributed by atoms with Crippen LogP contribution in [0.4, 0.5) is 0 Å². The molecule has 0 radical (unpaired) electrons. The molecule has 1 amide bonds. The molecule has 0 saturated carbocycles. The van der Waals surface area contributed by atoms with Gasteiger partial charge >= 0.3 is 0 Å². The molecule has 0 bridgehead atoms. The maximum atomic E-state index is 12.9. The number of ether oxygens (including phenoxy) is 1. The maximum absolute atomic E-state index is 12.9. The topological polar surface area (TPSA) is 80.2 Å². The van der Waals surface area contributed by atoms with Gasteiger partial charge < -0.3 is 15.0 Å². The molecule has 1 aliphatic heterocycles. The monoisotopic (exact) mass is 483 g/mol. The lowest BCUT2D eigenvalue weighted by molar-refractivity contribution is 0.0949. The summed E-state index contributed by atoms with van der Waals surface area (Å²) in [5.74, 6) is 1.19. The van der Waals surface area contributed by atoms with Gasteiger partial charge in [0, 0.05) is 29.9 Å². The number of aromatic nitrogens is 3. The number of amides is 1. The predicted octanol–water partition coefficient (Wildman–Crippen LogP) is 4.99. The van der Waals surface area contributed by atoms with Crippen molar-refractivity contribution in [3.63, 3.8) is 0 Å². The van der Waals surface area contributed by atoms with Crippen LogP contribution in [0.2, 0.25) is 0 Å². The Morgan fingerprint density at radius 3 is 2.36 bits per heavy atom. The molecule has 4 aromatic rings. The minimum absolute atomic E-state index is 0.151. The first-order valence-electron chi connectivity index (χ1n) is 12.6. The van der Waals surface area contributed by atoms with Crippen LogP contribution < -0.4 is 10.1 Å². The number of para-hydroxylation sites is 1. The standard InChI is InChI=1S/C24H28N4O2.C5H5N/c1-2-30-19-12-10-18(11-13-19)23-26-21-9-4-3-8-20(21)22(27-23)24(29)25-14-7-17-28-15-5-6-16-28;1-2-4-6-5-3-1/h3-4,8-13H,2,5-7,14-17H2,1H3,(H,25,29);1-5H. The minimum Gasteiger partial charge on any atom is -0.494 e. The molecule has 0 spiro atoms. The summed E-state index contributed by atoms with van der Waals surface area (Å²) in [6.07, 6.45) is 7.02. The summed E-state index contributed by atoms with van der Waals surface area (Å²) < 4.78 is 5.51. The van der Waals surface area contributed by atoms with E-state index in [4.69, 9.17) is 4.74 Å². The van der Waals surface area contributed by atoms with Crippen molar-refractivity contribution in [1.29, 1.82) is 0 Å². The average molecular weight is 484 g/mol. The highest BCUT2D eigenvalue weighted by Crippen LogP contribution is 2.23. The normalized spacial score (nSPS) is 13.1. The second-order valence-corrected chi connectivity index (χ2v) is 8.55. The summed E-state index contributed by atoms with van der Waals surface area (Å²) >= 11 is 0. The van der Waals surface area contributed by atoms with Gasteiger partial charge in [-0.25, -0.2) is 9.97 Å². The van der Waals surface area contributed by atoms with Crippen LogP contribution in [0.1, 0.15) is 36.7 Å². The van der Waals surface area contributed by atoms with Gasteiger partial charge in [0.1, 0.15) is 11.4 Å². The number of hydrogen-bond acceptors (Lipinski definition) is 6. The van der Waals surface area contributed by atoms with Gasteiger partial charge in [-0.15, -0.1) is 0 Å². The molecular weight excluding hydrogens is 450 g/mol. The van der Waals surface area contributed by atoms with Gasteiger partial charge in [0.15, 0.2) is 5.82 Å². The van der Waals surface area contributed by atoms with E-state index in [2.05, 4.69) is 25.2 Å². The lowest BCUT2D eigenvalue weighted by Gasteiger charge is -2.14. The zero-order valence-corrected chi connectivity index (χ0v) is 20.8. The first-order valence-corrected chi connectivity index (χ1v) is 12.6. The molecule has 7 heteroatoms. The molecule has 2 aromatic heterocycles. The molecule has 3 heterocycles. The lowest BCUT2D eigenvalue weighted by Crippen LogP contribution is -2.29. The van der Waals surface area contributed by atoms with Gasteiger partial charge in [-0.05, 0) is 88.3 Å². The molecule has 0 atom stereocenters. The smallest absolute Gasteiger partial charge is 0.270 e. The maximum Gasteiger partial charge on any atom is 0.270 e. The van der Waals surface area contributed by atoms with Crippen molar-refractivity contribution >= 4 is 16.8 Å². The molecule has 1 saturated heterocycles. The molecule has 0 aliphatic carbocycles. The summed E-state index contributed by atoms with van der Waals surface area (Å²) in [4.78, 5) is 28.5. The quantitative estimate of drug-likeness (QED) is 0.356. The minimum atomic E-state index is -0.151. The number of carbonyl (C=O) groups excluding carboxylic acids is 1. The van der Waals surface area contributed by atoms with Crippen LogP contribution in [-0.2, 0) is 0 Å². The van der Waals surface area contributed by atoms with Crippen molar-refractivity contribution < 1.29 is 9.53 Å². The van der Waals surface area contributed by atoms with Crippen molar-refractivity contribution in [2.75, 3.05) is 32.8 Å². The molecule has 36 heavy (non-hydrogen) atoms. The number of rotatable bonds is 8. The zero-order chi connectivity index (χ0) is 25.0. The number of fused-ring (bicyclic) bond motifs is 1. The average Bonchev–Trinajstić information content (AvgIpc) is 3.46. The predicted molar refractivity (Wildman–Crippen MR) is 143 cm³/mol. The Labute approximate surface area is 212 Å². The SMILES string of the molecule is CCOc1ccc(-c2nc(C(=O)NCCCN3CCCC3)c3ccccc3n2)cc1.c1ccncc1. The first kappa shape index (κ1) is 25.3. The van der Waals surface area contributed by atoms with E-state index in [-0.39, 0.29) is 5.91 Å². The van der Waals surface area contributed by atoms with Crippen LogP contribution in [0.25, 0.3) is 22.3 Å². The Balaban J connectivity index is 0.000000445. The Hall–Kier alpha value is -3.84. The summed E-state index contributed by atoms with van der Waals surface area (Å²) in [6.45, 7) is 6.60. The van der Waals surface area contributed by atoms with Crippen LogP contribution in [-0.4, -0.2) is 58.5 Å². The third-order valence-electron chi connectivity index (χ3n) is 5.94. The summed E-state index contributed by atoms with van der Waals surface area (Å²) in [5, 5.41) is 3.81. The third-order valence-corrected chi connectivity index (χ3v) is 5.94. The lowest BCUT2D eigenvalue weighted by atomic mass is 10.1. The van der Waals surface area contributed by atoms with E-state index in [1.54, 1.807) is 12.4 Å². The van der Waals surface area contributed by atoms with Gasteiger partial charge in [0.25, 0.3) is 5.91 Å². The summed E-state index contributed by atoms with van der Waals surface area (Å²) in [6, 6.07) is 21.0. The Kier molecular flexibility index (Phi) is 9.33. The molecule has 1 fully saturated rings. The molecule has 5 rings (SSSR count). The Bertz CT molecular complexity index is 1200. The van der Waals surface area contributed by atoms with Crippen molar-refractivity contribution in [2.24, 2.45) is 0 Å². The fourth-order valence-corrected chi connectivity index (χ4v) is 4.15. The Morgan fingerprint density at radius 2 is 1.69 bits per heavy atom. The fraction of sp³-hybridized carbons (Fsp3) is 0.310. The highest BCUT2D eigenvalue weighted by molar-refractivity contribution is 6.04. The largest absolute Gasteiger partial charge is 0.494 e. The highest BCUT2D eigenvalue weighted by atomic mass is 16.5. The van der Waals surface area contributed by atoms with Gasteiger partial charge in [-0.2, -0.15) is 0 Å². The summed E-state index contributed by atoms with van der Waals surface area (Å²) in [7, 11) is 0. The summed E-state index contributed by atoms with van der Waals surface area (Å²) in [5.41, 5.74) is 2.04. The zero-order valence-electron chi connectivity index (χ0n) is 20.8. The van der Waals surface area contributed by atoms with Gasteiger partial charge in [-0.1, -0.05) is 24.3 Å². The number of carbonyl (C=O) groups is 1. The van der Waals surface area contributed by atoms with E-state index in [1.165, 1.54) is 25.9 Å². The second-order valence-electron chi connectivity index (χ2n) is 8.55. The number of benzene rings is 2. The van der Waals surface area contributed by atoms with E-state index in [1.807, 2.05) is 73.7 Å². The van der Waals surface area contributed by atoms with E-state index < -0.39 is 0 Å². The molecule has 7 nitrogen and oxygen atoms in total. The van der Waals surface area contributed by atoms with Crippen LogP contribution >= 0.6 is 0 Å². The molecule has 0 unspecified atom stereocenters. The van der Waals surface area contributed by atoms with Crippen molar-refractivity contribution in [2.45, 2.75) is 26.2 Å². The molecule has 1 aliphatic rings. The van der Waals surface area contributed by atoms with Crippen LogP contribution in [0.5, 0.6) is 5.75 Å².